The van der Waals surface area contributed by atoms with Crippen LogP contribution in [-0.2, 0) is 0 Å². The standard InChI is InChI=1S/C61H44N2/c1-3-17-38(2)63(56-37-54-47-25-13-11-23-45(47)44-22-10-12-24-46(44)53(54)36-55(56)62)42-32-30-39(31-33-42)43-34-35-52-59-48(43)28-16-29-51(59)60-57(40-18-6-4-7-19-40)49-26-14-15-27-50(49)58(61(52)60)41-20-8-5-9-21-41/h4-16,18-37H,2-3,17,62H2,1H3. The Morgan fingerprint density at radius 3 is 1.43 bits per heavy atom. The lowest BCUT2D eigenvalue weighted by Crippen LogP contribution is -2.17. The van der Waals surface area contributed by atoms with Crippen LogP contribution in [-0.4, -0.2) is 0 Å². The molecule has 0 saturated heterocycles. The van der Waals surface area contributed by atoms with Gasteiger partial charge in [0, 0.05) is 11.4 Å². The monoisotopic (exact) mass is 804 g/mol. The van der Waals surface area contributed by atoms with Gasteiger partial charge < -0.3 is 10.6 Å². The molecule has 0 fully saturated rings. The lowest BCUT2D eigenvalue weighted by atomic mass is 9.82. The van der Waals surface area contributed by atoms with Crippen molar-refractivity contribution in [3.05, 3.63) is 212 Å². The summed E-state index contributed by atoms with van der Waals surface area (Å²) in [6.07, 6.45) is 1.82. The van der Waals surface area contributed by atoms with Gasteiger partial charge in [0.05, 0.1) is 11.4 Å². The van der Waals surface area contributed by atoms with Crippen molar-refractivity contribution in [2.45, 2.75) is 19.8 Å². The van der Waals surface area contributed by atoms with Crippen molar-refractivity contribution in [2.75, 3.05) is 10.6 Å². The molecule has 0 amide bonds. The molecule has 0 aromatic heterocycles. The third kappa shape index (κ3) is 5.65. The fourth-order valence-corrected chi connectivity index (χ4v) is 10.7. The lowest BCUT2D eigenvalue weighted by Gasteiger charge is -2.29. The average Bonchev–Trinajstić information content (AvgIpc) is 3.66. The summed E-state index contributed by atoms with van der Waals surface area (Å²) in [4.78, 5) is 2.27. The van der Waals surface area contributed by atoms with Crippen molar-refractivity contribution < 1.29 is 0 Å². The number of nitrogens with zero attached hydrogens (tertiary/aromatic N) is 1. The van der Waals surface area contributed by atoms with E-state index in [4.69, 9.17) is 5.73 Å². The first-order valence-corrected chi connectivity index (χ1v) is 22.1. The van der Waals surface area contributed by atoms with E-state index < -0.39 is 0 Å². The SMILES string of the molecule is C=C(CCC)N(c1ccc(-c2ccc3c4c(cccc24)-c2c-3c(-c3ccccc3)c3ccccc3c2-c2ccccc2)cc1)c1cc2c3ccccc3c3ccccc3c2cc1N. The summed E-state index contributed by atoms with van der Waals surface area (Å²) in [5.41, 5.74) is 23.4. The molecule has 0 spiro atoms. The summed E-state index contributed by atoms with van der Waals surface area (Å²) < 4.78 is 0. The minimum absolute atomic E-state index is 0.730. The van der Waals surface area contributed by atoms with E-state index in [-0.39, 0.29) is 0 Å². The van der Waals surface area contributed by atoms with Gasteiger partial charge in [-0.05, 0) is 140 Å². The fourth-order valence-electron chi connectivity index (χ4n) is 10.7. The van der Waals surface area contributed by atoms with Crippen molar-refractivity contribution >= 4 is 70.9 Å². The Morgan fingerprint density at radius 2 is 0.873 bits per heavy atom. The van der Waals surface area contributed by atoms with Gasteiger partial charge in [0.1, 0.15) is 0 Å². The summed E-state index contributed by atoms with van der Waals surface area (Å²) in [5.74, 6) is 0. The van der Waals surface area contributed by atoms with Crippen LogP contribution >= 0.6 is 0 Å². The molecule has 0 atom stereocenters. The largest absolute Gasteiger partial charge is 0.397 e. The third-order valence-corrected chi connectivity index (χ3v) is 13.3. The third-order valence-electron chi connectivity index (χ3n) is 13.3. The van der Waals surface area contributed by atoms with Gasteiger partial charge in [-0.1, -0.05) is 196 Å². The Bertz CT molecular complexity index is 3550. The molecule has 0 radical (unpaired) electrons. The fraction of sp³-hybridized carbons (Fsp3) is 0.0492. The highest BCUT2D eigenvalue weighted by Gasteiger charge is 2.31. The quantitative estimate of drug-likeness (QED) is 0.122. The Kier molecular flexibility index (Phi) is 8.55. The zero-order chi connectivity index (χ0) is 42.2. The van der Waals surface area contributed by atoms with E-state index in [0.29, 0.717) is 0 Å². The molecule has 298 valence electrons. The Morgan fingerprint density at radius 1 is 0.413 bits per heavy atom. The number of rotatable bonds is 8. The number of nitrogen functional groups attached to an aromatic ring is 1. The molecule has 63 heavy (non-hydrogen) atoms. The molecule has 0 saturated carbocycles. The van der Waals surface area contributed by atoms with Gasteiger partial charge >= 0.3 is 0 Å². The molecular formula is C61H44N2. The van der Waals surface area contributed by atoms with Gasteiger partial charge in [0.25, 0.3) is 0 Å². The second kappa shape index (κ2) is 14.6. The Balaban J connectivity index is 1.03. The summed E-state index contributed by atoms with van der Waals surface area (Å²) in [6.45, 7) is 6.85. The number of fused-ring (bicyclic) bond motifs is 10. The predicted molar refractivity (Wildman–Crippen MR) is 272 cm³/mol. The molecule has 2 N–H and O–H groups in total. The van der Waals surface area contributed by atoms with Gasteiger partial charge in [-0.3, -0.25) is 0 Å². The molecule has 12 rings (SSSR count). The highest BCUT2D eigenvalue weighted by atomic mass is 15.2. The van der Waals surface area contributed by atoms with Gasteiger partial charge in [-0.15, -0.1) is 0 Å². The molecule has 0 unspecified atom stereocenters. The van der Waals surface area contributed by atoms with Crippen molar-refractivity contribution in [2.24, 2.45) is 0 Å². The molecule has 0 heterocycles. The molecular weight excluding hydrogens is 761 g/mol. The minimum atomic E-state index is 0.730. The van der Waals surface area contributed by atoms with Crippen molar-refractivity contribution in [1.82, 2.24) is 0 Å². The summed E-state index contributed by atoms with van der Waals surface area (Å²) >= 11 is 0. The maximum absolute atomic E-state index is 7.09. The number of benzene rings is 11. The second-order valence-electron chi connectivity index (χ2n) is 16.9. The maximum Gasteiger partial charge on any atom is 0.0694 e. The van der Waals surface area contributed by atoms with E-state index >= 15 is 0 Å². The molecule has 1 aliphatic rings. The van der Waals surface area contributed by atoms with E-state index in [9.17, 15) is 0 Å². The lowest BCUT2D eigenvalue weighted by molar-refractivity contribution is 0.881. The Hall–Kier alpha value is -7.94. The Labute approximate surface area is 367 Å². The van der Waals surface area contributed by atoms with Gasteiger partial charge in [0.15, 0.2) is 0 Å². The summed E-state index contributed by atoms with van der Waals surface area (Å²) in [7, 11) is 0. The van der Waals surface area contributed by atoms with Crippen molar-refractivity contribution in [3.8, 4) is 55.6 Å². The van der Waals surface area contributed by atoms with Crippen LogP contribution < -0.4 is 10.6 Å². The van der Waals surface area contributed by atoms with E-state index in [1.807, 2.05) is 0 Å². The van der Waals surface area contributed by atoms with E-state index in [1.165, 1.54) is 104 Å². The van der Waals surface area contributed by atoms with E-state index in [0.717, 1.165) is 41.0 Å². The highest BCUT2D eigenvalue weighted by molar-refractivity contribution is 6.29. The number of hydrogen-bond donors (Lipinski definition) is 1. The van der Waals surface area contributed by atoms with Crippen LogP contribution in [0.15, 0.2) is 212 Å². The number of hydrogen-bond acceptors (Lipinski definition) is 2. The maximum atomic E-state index is 7.09. The van der Waals surface area contributed by atoms with Crippen LogP contribution in [0.1, 0.15) is 19.8 Å². The molecule has 2 heteroatoms. The van der Waals surface area contributed by atoms with E-state index in [1.54, 1.807) is 0 Å². The van der Waals surface area contributed by atoms with Gasteiger partial charge in [0.2, 0.25) is 0 Å². The number of anilines is 3. The van der Waals surface area contributed by atoms with Crippen molar-refractivity contribution in [3.63, 3.8) is 0 Å². The number of allylic oxidation sites excluding steroid dienone is 1. The van der Waals surface area contributed by atoms with E-state index in [2.05, 4.69) is 219 Å². The highest BCUT2D eigenvalue weighted by Crippen LogP contribution is 2.58. The predicted octanol–water partition coefficient (Wildman–Crippen LogP) is 17.1. The van der Waals surface area contributed by atoms with Crippen LogP contribution in [0.4, 0.5) is 17.1 Å². The normalized spacial score (nSPS) is 11.8. The molecule has 11 aromatic carbocycles. The zero-order valence-electron chi connectivity index (χ0n) is 35.2. The minimum Gasteiger partial charge on any atom is -0.397 e. The molecule has 2 nitrogen and oxygen atoms in total. The van der Waals surface area contributed by atoms with Crippen LogP contribution in [0.5, 0.6) is 0 Å². The van der Waals surface area contributed by atoms with Crippen LogP contribution in [0, 0.1) is 0 Å². The molecule has 11 aromatic rings. The topological polar surface area (TPSA) is 29.3 Å². The molecule has 0 aliphatic heterocycles. The zero-order valence-corrected chi connectivity index (χ0v) is 35.2. The summed E-state index contributed by atoms with van der Waals surface area (Å²) in [5, 5.41) is 12.4. The first kappa shape index (κ1) is 36.9. The smallest absolute Gasteiger partial charge is 0.0694 e. The number of nitrogens with two attached hydrogens (primary N) is 1. The second-order valence-corrected chi connectivity index (χ2v) is 16.9. The van der Waals surface area contributed by atoms with Gasteiger partial charge in [-0.25, -0.2) is 0 Å². The van der Waals surface area contributed by atoms with Crippen molar-refractivity contribution in [1.29, 1.82) is 0 Å². The van der Waals surface area contributed by atoms with Gasteiger partial charge in [-0.2, -0.15) is 0 Å². The molecule has 1 aliphatic carbocycles. The van der Waals surface area contributed by atoms with Crippen LogP contribution in [0.2, 0.25) is 0 Å². The first-order chi connectivity index (χ1) is 31.1. The summed E-state index contributed by atoms with van der Waals surface area (Å²) in [6, 6.07) is 73.3. The molecule has 0 bridgehead atoms. The van der Waals surface area contributed by atoms with Crippen LogP contribution in [0.25, 0.3) is 109 Å². The van der Waals surface area contributed by atoms with Crippen LogP contribution in [0.3, 0.4) is 0 Å². The first-order valence-electron chi connectivity index (χ1n) is 22.1. The average molecular weight is 805 g/mol.